The van der Waals surface area contributed by atoms with E-state index in [9.17, 15) is 10.0 Å². The van der Waals surface area contributed by atoms with Crippen LogP contribution in [-0.2, 0) is 4.79 Å². The van der Waals surface area contributed by atoms with Crippen molar-refractivity contribution in [1.29, 1.82) is 0 Å². The summed E-state index contributed by atoms with van der Waals surface area (Å²) in [4.78, 5) is 17.0. The third-order valence-electron chi connectivity index (χ3n) is 3.84. The molecule has 0 saturated heterocycles. The van der Waals surface area contributed by atoms with Gasteiger partial charge in [-0.1, -0.05) is 23.9 Å². The lowest BCUT2D eigenvalue weighted by atomic mass is 10.0. The average Bonchev–Trinajstić information content (AvgIpc) is 3.15. The normalized spacial score (nSPS) is 10.6. The number of hydrogen-bond donors (Lipinski definition) is 4. The Balaban J connectivity index is 1.93. The molecule has 0 bridgehead atoms. The highest BCUT2D eigenvalue weighted by Gasteiger charge is 2.11. The number of nitrogens with zero attached hydrogens (tertiary/aromatic N) is 3. The zero-order valence-electron chi connectivity index (χ0n) is 14.8. The third-order valence-corrected chi connectivity index (χ3v) is 4.67. The summed E-state index contributed by atoms with van der Waals surface area (Å²) in [7, 11) is 3.96. The summed E-state index contributed by atoms with van der Waals surface area (Å²) >= 11 is 1.04. The molecule has 0 amide bonds. The van der Waals surface area contributed by atoms with E-state index in [1.165, 1.54) is 0 Å². The van der Waals surface area contributed by atoms with Crippen LogP contribution in [0.5, 0.6) is 0 Å². The molecule has 0 aliphatic heterocycles. The lowest BCUT2D eigenvalue weighted by Crippen LogP contribution is -2.07. The SMILES string of the molecule is CN(C)c1ccc(-c2cc(NO)cc(-c3nc(SCC(=O)O)n[nH]3)c2)cc1. The van der Waals surface area contributed by atoms with Gasteiger partial charge in [0.05, 0.1) is 11.4 Å². The van der Waals surface area contributed by atoms with E-state index in [1.807, 2.05) is 55.4 Å². The number of carboxylic acid groups (broad SMARTS) is 1. The van der Waals surface area contributed by atoms with Gasteiger partial charge in [-0.25, -0.2) is 4.98 Å². The number of rotatable bonds is 7. The quantitative estimate of drug-likeness (QED) is 0.362. The highest BCUT2D eigenvalue weighted by molar-refractivity contribution is 7.99. The molecule has 0 atom stereocenters. The number of benzene rings is 2. The van der Waals surface area contributed by atoms with Gasteiger partial charge in [0.25, 0.3) is 0 Å². The van der Waals surface area contributed by atoms with E-state index in [0.29, 0.717) is 16.7 Å². The van der Waals surface area contributed by atoms with E-state index >= 15 is 0 Å². The zero-order valence-corrected chi connectivity index (χ0v) is 15.6. The van der Waals surface area contributed by atoms with Crippen LogP contribution in [0.15, 0.2) is 47.6 Å². The minimum Gasteiger partial charge on any atom is -0.481 e. The minimum absolute atomic E-state index is 0.112. The van der Waals surface area contributed by atoms with Gasteiger partial charge in [-0.05, 0) is 41.5 Å². The lowest BCUT2D eigenvalue weighted by molar-refractivity contribution is -0.133. The smallest absolute Gasteiger partial charge is 0.313 e. The predicted molar refractivity (Wildman–Crippen MR) is 105 cm³/mol. The molecule has 4 N–H and O–H groups in total. The Kier molecular flexibility index (Phi) is 5.63. The van der Waals surface area contributed by atoms with Crippen LogP contribution >= 0.6 is 11.8 Å². The van der Waals surface area contributed by atoms with Crippen LogP contribution in [0, 0.1) is 0 Å². The van der Waals surface area contributed by atoms with Crippen molar-refractivity contribution < 1.29 is 15.1 Å². The topological polar surface area (TPSA) is 114 Å². The Morgan fingerprint density at radius 3 is 2.48 bits per heavy atom. The van der Waals surface area contributed by atoms with Crippen LogP contribution < -0.4 is 10.4 Å². The largest absolute Gasteiger partial charge is 0.481 e. The molecule has 3 rings (SSSR count). The Hall–Kier alpha value is -3.04. The molecule has 8 nitrogen and oxygen atoms in total. The van der Waals surface area contributed by atoms with E-state index in [4.69, 9.17) is 5.11 Å². The van der Waals surface area contributed by atoms with Crippen molar-refractivity contribution in [1.82, 2.24) is 15.2 Å². The van der Waals surface area contributed by atoms with Crippen molar-refractivity contribution >= 4 is 29.1 Å². The number of carboxylic acids is 1. The summed E-state index contributed by atoms with van der Waals surface area (Å²) in [6, 6.07) is 13.5. The number of H-pyrrole nitrogens is 1. The van der Waals surface area contributed by atoms with Gasteiger partial charge in [0, 0.05) is 25.3 Å². The molecular formula is C18H19N5O3S. The van der Waals surface area contributed by atoms with Crippen LogP contribution in [0.2, 0.25) is 0 Å². The summed E-state index contributed by atoms with van der Waals surface area (Å²) in [6.45, 7) is 0. The van der Waals surface area contributed by atoms with E-state index in [-0.39, 0.29) is 5.75 Å². The summed E-state index contributed by atoms with van der Waals surface area (Å²) in [5, 5.41) is 25.3. The number of thioether (sulfide) groups is 1. The number of nitrogens with one attached hydrogen (secondary N) is 2. The van der Waals surface area contributed by atoms with Gasteiger partial charge in [0.2, 0.25) is 5.16 Å². The molecule has 0 radical (unpaired) electrons. The van der Waals surface area contributed by atoms with Gasteiger partial charge in [-0.15, -0.1) is 5.10 Å². The number of aromatic nitrogens is 3. The van der Waals surface area contributed by atoms with Gasteiger partial charge in [-0.2, -0.15) is 0 Å². The fourth-order valence-electron chi connectivity index (χ4n) is 2.51. The molecule has 3 aromatic rings. The van der Waals surface area contributed by atoms with Gasteiger partial charge < -0.3 is 10.0 Å². The fourth-order valence-corrected chi connectivity index (χ4v) is 3.03. The Bertz CT molecular complexity index is 940. The molecule has 0 spiro atoms. The highest BCUT2D eigenvalue weighted by Crippen LogP contribution is 2.30. The van der Waals surface area contributed by atoms with Crippen molar-refractivity contribution in [3.8, 4) is 22.5 Å². The minimum atomic E-state index is -0.929. The maximum absolute atomic E-state index is 10.7. The first-order valence-corrected chi connectivity index (χ1v) is 9.05. The molecule has 140 valence electrons. The average molecular weight is 385 g/mol. The van der Waals surface area contributed by atoms with E-state index in [1.54, 1.807) is 6.07 Å². The number of anilines is 2. The van der Waals surface area contributed by atoms with Crippen LogP contribution in [0.3, 0.4) is 0 Å². The van der Waals surface area contributed by atoms with E-state index in [0.717, 1.165) is 34.1 Å². The summed E-state index contributed by atoms with van der Waals surface area (Å²) in [6.07, 6.45) is 0. The standard InChI is InChI=1S/C18H19N5O3S/c1-23(2)15-5-3-11(4-6-15)12-7-13(9-14(8-12)22-26)17-19-18(21-20-17)27-10-16(24)25/h3-9,22,26H,10H2,1-2H3,(H,24,25)(H,19,20,21). The second-order valence-electron chi connectivity index (χ2n) is 6.00. The van der Waals surface area contributed by atoms with Crippen molar-refractivity contribution in [2.24, 2.45) is 0 Å². The first-order valence-electron chi connectivity index (χ1n) is 8.06. The highest BCUT2D eigenvalue weighted by atomic mass is 32.2. The van der Waals surface area contributed by atoms with Gasteiger partial charge in [-0.3, -0.25) is 20.6 Å². The van der Waals surface area contributed by atoms with Crippen LogP contribution in [0.25, 0.3) is 22.5 Å². The fraction of sp³-hybridized carbons (Fsp3) is 0.167. The number of aromatic amines is 1. The summed E-state index contributed by atoms with van der Waals surface area (Å²) < 4.78 is 0. The number of carbonyl (C=O) groups is 1. The Morgan fingerprint density at radius 1 is 1.15 bits per heavy atom. The molecular weight excluding hydrogens is 366 g/mol. The second-order valence-corrected chi connectivity index (χ2v) is 6.94. The molecule has 1 aromatic heterocycles. The Labute approximate surface area is 160 Å². The maximum atomic E-state index is 10.7. The predicted octanol–water partition coefficient (Wildman–Crippen LogP) is 3.18. The molecule has 9 heteroatoms. The Morgan fingerprint density at radius 2 is 1.85 bits per heavy atom. The molecule has 2 aromatic carbocycles. The first-order chi connectivity index (χ1) is 13.0. The zero-order chi connectivity index (χ0) is 19.4. The molecule has 0 aliphatic rings. The number of hydrogen-bond acceptors (Lipinski definition) is 7. The van der Waals surface area contributed by atoms with Crippen molar-refractivity contribution in [3.05, 3.63) is 42.5 Å². The van der Waals surface area contributed by atoms with Crippen molar-refractivity contribution in [2.45, 2.75) is 5.16 Å². The van der Waals surface area contributed by atoms with E-state index in [2.05, 4.69) is 20.7 Å². The third kappa shape index (κ3) is 4.57. The second kappa shape index (κ2) is 8.11. The summed E-state index contributed by atoms with van der Waals surface area (Å²) in [5.74, 6) is -0.550. The monoisotopic (exact) mass is 385 g/mol. The molecule has 27 heavy (non-hydrogen) atoms. The van der Waals surface area contributed by atoms with Gasteiger partial charge in [0.1, 0.15) is 0 Å². The van der Waals surface area contributed by atoms with Gasteiger partial charge >= 0.3 is 5.97 Å². The van der Waals surface area contributed by atoms with Crippen LogP contribution in [0.1, 0.15) is 0 Å². The molecule has 0 fully saturated rings. The van der Waals surface area contributed by atoms with E-state index < -0.39 is 5.97 Å². The summed E-state index contributed by atoms with van der Waals surface area (Å²) in [5.41, 5.74) is 6.37. The first kappa shape index (κ1) is 18.7. The van der Waals surface area contributed by atoms with Crippen LogP contribution in [-0.4, -0.2) is 51.3 Å². The molecule has 0 unspecified atom stereocenters. The molecule has 1 heterocycles. The van der Waals surface area contributed by atoms with Crippen molar-refractivity contribution in [3.63, 3.8) is 0 Å². The van der Waals surface area contributed by atoms with Crippen molar-refractivity contribution in [2.75, 3.05) is 30.2 Å². The van der Waals surface area contributed by atoms with Crippen LogP contribution in [0.4, 0.5) is 11.4 Å². The molecule has 0 saturated carbocycles. The lowest BCUT2D eigenvalue weighted by Gasteiger charge is -2.13. The maximum Gasteiger partial charge on any atom is 0.313 e. The van der Waals surface area contributed by atoms with Gasteiger partial charge in [0.15, 0.2) is 5.82 Å². The number of aliphatic carboxylic acids is 1. The molecule has 0 aliphatic carbocycles.